The number of nitrogens with one attached hydrogen (secondary N) is 1. The third kappa shape index (κ3) is 5.38. The van der Waals surface area contributed by atoms with Gasteiger partial charge in [0.05, 0.1) is 0 Å². The van der Waals surface area contributed by atoms with Crippen LogP contribution in [0.3, 0.4) is 0 Å². The number of nitrogens with zero attached hydrogens (tertiary/aromatic N) is 3. The Bertz CT molecular complexity index is 1120. The van der Waals surface area contributed by atoms with Gasteiger partial charge in [-0.25, -0.2) is 4.98 Å². The van der Waals surface area contributed by atoms with Crippen molar-refractivity contribution in [1.82, 2.24) is 14.8 Å². The fraction of sp³-hybridized carbons (Fsp3) is 0.462. The van der Waals surface area contributed by atoms with E-state index in [1.165, 1.54) is 17.4 Å². The average molecular weight is 481 g/mol. The smallest absolute Gasteiger partial charge is 0.254 e. The molecule has 1 saturated heterocycles. The minimum atomic E-state index is -0.0900. The second-order valence-corrected chi connectivity index (χ2v) is 10.5. The van der Waals surface area contributed by atoms with Crippen LogP contribution >= 0.6 is 11.3 Å². The van der Waals surface area contributed by atoms with Crippen molar-refractivity contribution < 1.29 is 14.4 Å². The largest absolute Gasteiger partial charge is 0.337 e. The monoisotopic (exact) mass is 480 g/mol. The van der Waals surface area contributed by atoms with Crippen LogP contribution < -0.4 is 5.32 Å². The average Bonchev–Trinajstić information content (AvgIpc) is 3.60. The molecule has 0 spiro atoms. The topological polar surface area (TPSA) is 82.6 Å². The van der Waals surface area contributed by atoms with Crippen LogP contribution in [-0.2, 0) is 16.0 Å². The molecule has 1 aliphatic carbocycles. The molecule has 1 atom stereocenters. The van der Waals surface area contributed by atoms with Crippen molar-refractivity contribution in [1.29, 1.82) is 0 Å². The van der Waals surface area contributed by atoms with E-state index in [4.69, 9.17) is 0 Å². The molecule has 7 nitrogen and oxygen atoms in total. The first-order valence-corrected chi connectivity index (χ1v) is 12.7. The first-order valence-electron chi connectivity index (χ1n) is 11.8. The van der Waals surface area contributed by atoms with Gasteiger partial charge in [-0.1, -0.05) is 12.6 Å². The number of hydrogen-bond acceptors (Lipinski definition) is 5. The molecule has 1 saturated carbocycles. The maximum atomic E-state index is 13.5. The number of carbonyl (C=O) groups is 3. The lowest BCUT2D eigenvalue weighted by Crippen LogP contribution is -2.43. The molecule has 2 aliphatic rings. The Kier molecular flexibility index (Phi) is 7.16. The highest BCUT2D eigenvalue weighted by molar-refractivity contribution is 7.15. The van der Waals surface area contributed by atoms with E-state index in [0.717, 1.165) is 40.8 Å². The van der Waals surface area contributed by atoms with Gasteiger partial charge in [0.15, 0.2) is 5.13 Å². The molecule has 3 amide bonds. The maximum absolute atomic E-state index is 13.5. The second kappa shape index (κ2) is 10.1. The molecule has 1 unspecified atom stereocenters. The number of amides is 3. The predicted octanol–water partition coefficient (Wildman–Crippen LogP) is 3.95. The van der Waals surface area contributed by atoms with Crippen LogP contribution in [0.25, 0.3) is 0 Å². The van der Waals surface area contributed by atoms with E-state index in [-0.39, 0.29) is 29.7 Å². The zero-order valence-electron chi connectivity index (χ0n) is 20.1. The molecule has 1 aliphatic heterocycles. The van der Waals surface area contributed by atoms with Crippen molar-refractivity contribution in [3.05, 3.63) is 58.1 Å². The van der Waals surface area contributed by atoms with E-state index in [0.29, 0.717) is 36.8 Å². The Hall–Kier alpha value is -3.00. The summed E-state index contributed by atoms with van der Waals surface area (Å²) < 4.78 is 0. The Morgan fingerprint density at radius 3 is 2.68 bits per heavy atom. The van der Waals surface area contributed by atoms with E-state index in [9.17, 15) is 14.4 Å². The summed E-state index contributed by atoms with van der Waals surface area (Å²) in [6.45, 7) is 11.3. The lowest BCUT2D eigenvalue weighted by molar-refractivity contribution is -0.127. The minimum Gasteiger partial charge on any atom is -0.337 e. The van der Waals surface area contributed by atoms with Crippen LogP contribution in [0.5, 0.6) is 0 Å². The normalized spacial score (nSPS) is 18.4. The predicted molar refractivity (Wildman–Crippen MR) is 134 cm³/mol. The molecule has 2 fully saturated rings. The lowest BCUT2D eigenvalue weighted by atomic mass is 9.96. The molecule has 1 N–H and O–H groups in total. The standard InChI is InChI=1S/C26H32N4O3S/c1-5-23(31)30-10-6-9-29(15-18(30)4)25(33)22-13-20(16(2)11-17(22)3)12-21-14-27-26(34-21)28-24(32)19-7-8-19/h5,11,13-14,18-19H,1,6-10,12,15H2,2-4H3,(H,27,28,32). The molecule has 34 heavy (non-hydrogen) atoms. The van der Waals surface area contributed by atoms with Crippen molar-refractivity contribution in [3.63, 3.8) is 0 Å². The number of aryl methyl sites for hydroxylation is 2. The van der Waals surface area contributed by atoms with E-state index < -0.39 is 0 Å². The van der Waals surface area contributed by atoms with Crippen LogP contribution in [0, 0.1) is 19.8 Å². The molecule has 2 heterocycles. The first-order chi connectivity index (χ1) is 16.3. The number of rotatable bonds is 6. The summed E-state index contributed by atoms with van der Waals surface area (Å²) >= 11 is 1.48. The Balaban J connectivity index is 1.49. The van der Waals surface area contributed by atoms with Crippen molar-refractivity contribution in [2.45, 2.75) is 52.5 Å². The van der Waals surface area contributed by atoms with Gasteiger partial charge in [-0.05, 0) is 68.9 Å². The summed E-state index contributed by atoms with van der Waals surface area (Å²) in [7, 11) is 0. The summed E-state index contributed by atoms with van der Waals surface area (Å²) in [4.78, 5) is 46.7. The number of aromatic nitrogens is 1. The first kappa shape index (κ1) is 24.1. The molecule has 8 heteroatoms. The molecule has 1 aromatic heterocycles. The van der Waals surface area contributed by atoms with Crippen LogP contribution in [0.4, 0.5) is 5.13 Å². The van der Waals surface area contributed by atoms with Crippen molar-refractivity contribution in [2.24, 2.45) is 5.92 Å². The van der Waals surface area contributed by atoms with Crippen LogP contribution in [0.15, 0.2) is 31.0 Å². The molecule has 180 valence electrons. The summed E-state index contributed by atoms with van der Waals surface area (Å²) in [6, 6.07) is 4.00. The number of anilines is 1. The summed E-state index contributed by atoms with van der Waals surface area (Å²) in [6.07, 6.45) is 6.46. The zero-order chi connectivity index (χ0) is 24.4. The molecule has 4 rings (SSSR count). The fourth-order valence-electron chi connectivity index (χ4n) is 4.47. The van der Waals surface area contributed by atoms with E-state index in [1.807, 2.05) is 24.8 Å². The molecule has 2 aromatic rings. The summed E-state index contributed by atoms with van der Waals surface area (Å²) in [5, 5.41) is 3.54. The molecular weight excluding hydrogens is 448 g/mol. The van der Waals surface area contributed by atoms with Gasteiger partial charge in [-0.15, -0.1) is 11.3 Å². The van der Waals surface area contributed by atoms with E-state index in [1.54, 1.807) is 11.1 Å². The van der Waals surface area contributed by atoms with Gasteiger partial charge < -0.3 is 15.1 Å². The van der Waals surface area contributed by atoms with Crippen LogP contribution in [-0.4, -0.2) is 58.2 Å². The van der Waals surface area contributed by atoms with Gasteiger partial charge in [-0.2, -0.15) is 0 Å². The molecule has 1 aromatic carbocycles. The quantitative estimate of drug-likeness (QED) is 0.635. The number of hydrogen-bond donors (Lipinski definition) is 1. The third-order valence-corrected chi connectivity index (χ3v) is 7.51. The molecule has 0 bridgehead atoms. The summed E-state index contributed by atoms with van der Waals surface area (Å²) in [5.74, 6) is 0.109. The number of carbonyl (C=O) groups excluding carboxylic acids is 3. The SMILES string of the molecule is C=CC(=O)N1CCCN(C(=O)c2cc(Cc3cnc(NC(=O)C4CC4)s3)c(C)cc2C)CC1C. The highest BCUT2D eigenvalue weighted by atomic mass is 32.1. The number of benzene rings is 1. The second-order valence-electron chi connectivity index (χ2n) is 9.36. The molecular formula is C26H32N4O3S. The van der Waals surface area contributed by atoms with E-state index in [2.05, 4.69) is 29.9 Å². The van der Waals surface area contributed by atoms with E-state index >= 15 is 0 Å². The Morgan fingerprint density at radius 1 is 1.21 bits per heavy atom. The lowest BCUT2D eigenvalue weighted by Gasteiger charge is -2.28. The molecule has 0 radical (unpaired) electrons. The van der Waals surface area contributed by atoms with Crippen molar-refractivity contribution in [3.8, 4) is 0 Å². The third-order valence-electron chi connectivity index (χ3n) is 6.60. The fourth-order valence-corrected chi connectivity index (χ4v) is 5.30. The van der Waals surface area contributed by atoms with Gasteiger partial charge in [0, 0.05) is 54.7 Å². The highest BCUT2D eigenvalue weighted by Crippen LogP contribution is 2.31. The van der Waals surface area contributed by atoms with Crippen molar-refractivity contribution >= 4 is 34.2 Å². The zero-order valence-corrected chi connectivity index (χ0v) is 20.9. The number of thiazole rings is 1. The van der Waals surface area contributed by atoms with Gasteiger partial charge in [-0.3, -0.25) is 14.4 Å². The van der Waals surface area contributed by atoms with Crippen LogP contribution in [0.2, 0.25) is 0 Å². The van der Waals surface area contributed by atoms with Crippen molar-refractivity contribution in [2.75, 3.05) is 25.0 Å². The van der Waals surface area contributed by atoms with Crippen LogP contribution in [0.1, 0.15) is 58.1 Å². The minimum absolute atomic E-state index is 0.000178. The highest BCUT2D eigenvalue weighted by Gasteiger charge is 2.30. The Morgan fingerprint density at radius 2 is 1.97 bits per heavy atom. The van der Waals surface area contributed by atoms with Gasteiger partial charge in [0.25, 0.3) is 5.91 Å². The van der Waals surface area contributed by atoms with Gasteiger partial charge in [0.2, 0.25) is 11.8 Å². The summed E-state index contributed by atoms with van der Waals surface area (Å²) in [5.41, 5.74) is 3.84. The Labute approximate surface area is 204 Å². The maximum Gasteiger partial charge on any atom is 0.254 e. The van der Waals surface area contributed by atoms with Gasteiger partial charge >= 0.3 is 0 Å². The van der Waals surface area contributed by atoms with Gasteiger partial charge in [0.1, 0.15) is 0 Å².